The Bertz CT molecular complexity index is 419. The number of aryl methyl sites for hydroxylation is 2. The number of nitrogens with zero attached hydrogens (tertiary/aromatic N) is 3. The van der Waals surface area contributed by atoms with Crippen molar-refractivity contribution in [1.82, 2.24) is 15.2 Å². The van der Waals surface area contributed by atoms with Gasteiger partial charge in [-0.3, -0.25) is 10.1 Å². The molecule has 0 aliphatic heterocycles. The summed E-state index contributed by atoms with van der Waals surface area (Å²) >= 11 is 0. The van der Waals surface area contributed by atoms with Gasteiger partial charge in [0.25, 0.3) is 0 Å². The molecule has 6 heteroatoms. The largest absolute Gasteiger partial charge is 0.320 e. The van der Waals surface area contributed by atoms with Gasteiger partial charge in [0.15, 0.2) is 0 Å². The Morgan fingerprint density at radius 3 is 2.33 bits per heavy atom. The molecule has 1 heterocycles. The minimum absolute atomic E-state index is 0.0681. The lowest BCUT2D eigenvalue weighted by molar-refractivity contribution is -0.118. The lowest BCUT2D eigenvalue weighted by atomic mass is 10.1. The van der Waals surface area contributed by atoms with E-state index in [0.717, 1.165) is 24.2 Å². The number of hydrogen-bond acceptors (Lipinski definition) is 5. The van der Waals surface area contributed by atoms with E-state index < -0.39 is 6.04 Å². The van der Waals surface area contributed by atoms with Crippen LogP contribution < -0.4 is 11.1 Å². The highest BCUT2D eigenvalue weighted by atomic mass is 16.2. The summed E-state index contributed by atoms with van der Waals surface area (Å²) in [5.41, 5.74) is 7.47. The summed E-state index contributed by atoms with van der Waals surface area (Å²) in [5, 5.41) is 10.5. The third-order valence-corrected chi connectivity index (χ3v) is 2.77. The lowest BCUT2D eigenvalue weighted by Gasteiger charge is -2.14. The average molecular weight is 251 g/mol. The Hall–Kier alpha value is -1.56. The Balaban J connectivity index is 2.82. The van der Waals surface area contributed by atoms with Gasteiger partial charge in [0.05, 0.1) is 17.4 Å². The van der Waals surface area contributed by atoms with Crippen molar-refractivity contribution < 1.29 is 4.79 Å². The highest BCUT2D eigenvalue weighted by Gasteiger charge is 2.18. The summed E-state index contributed by atoms with van der Waals surface area (Å²) in [7, 11) is 0. The van der Waals surface area contributed by atoms with Crippen LogP contribution in [0.1, 0.15) is 39.1 Å². The number of aromatic nitrogens is 3. The van der Waals surface area contributed by atoms with Gasteiger partial charge in [0, 0.05) is 0 Å². The summed E-state index contributed by atoms with van der Waals surface area (Å²) in [6.07, 6.45) is 1.54. The number of anilines is 1. The van der Waals surface area contributed by atoms with Crippen molar-refractivity contribution in [2.75, 3.05) is 5.32 Å². The highest BCUT2D eigenvalue weighted by Crippen LogP contribution is 2.08. The fraction of sp³-hybridized carbons (Fsp3) is 0.667. The van der Waals surface area contributed by atoms with Crippen LogP contribution in [-0.4, -0.2) is 27.1 Å². The second kappa shape index (κ2) is 6.39. The zero-order valence-corrected chi connectivity index (χ0v) is 11.4. The maximum atomic E-state index is 11.8. The quantitative estimate of drug-likeness (QED) is 0.811. The summed E-state index contributed by atoms with van der Waals surface area (Å²) in [6, 6.07) is -0.565. The average Bonchev–Trinajstić information content (AvgIpc) is 2.37. The summed E-state index contributed by atoms with van der Waals surface area (Å²) in [5.74, 6) is 0.0155. The number of nitrogens with two attached hydrogens (primary N) is 1. The zero-order chi connectivity index (χ0) is 13.7. The first kappa shape index (κ1) is 14.5. The number of nitrogens with one attached hydrogen (secondary N) is 1. The van der Waals surface area contributed by atoms with Crippen LogP contribution in [0.25, 0.3) is 0 Å². The second-order valence-corrected chi connectivity index (χ2v) is 4.49. The molecule has 0 unspecified atom stereocenters. The van der Waals surface area contributed by atoms with Crippen LogP contribution in [0.5, 0.6) is 0 Å². The fourth-order valence-corrected chi connectivity index (χ4v) is 1.49. The molecule has 1 atom stereocenters. The highest BCUT2D eigenvalue weighted by molar-refractivity contribution is 5.93. The third kappa shape index (κ3) is 3.46. The first-order chi connectivity index (χ1) is 8.49. The Kier molecular flexibility index (Phi) is 5.15. The van der Waals surface area contributed by atoms with Crippen LogP contribution in [0, 0.1) is 5.92 Å². The molecule has 0 saturated carbocycles. The van der Waals surface area contributed by atoms with Crippen molar-refractivity contribution in [3.8, 4) is 0 Å². The van der Waals surface area contributed by atoms with Crippen LogP contribution >= 0.6 is 0 Å². The van der Waals surface area contributed by atoms with Gasteiger partial charge >= 0.3 is 0 Å². The van der Waals surface area contributed by atoms with Crippen LogP contribution in [-0.2, 0) is 17.6 Å². The van der Waals surface area contributed by atoms with Gasteiger partial charge in [-0.25, -0.2) is 4.98 Å². The predicted molar refractivity (Wildman–Crippen MR) is 70.0 cm³/mol. The monoisotopic (exact) mass is 251 g/mol. The van der Waals surface area contributed by atoms with Crippen molar-refractivity contribution in [3.05, 3.63) is 11.4 Å². The first-order valence-electron chi connectivity index (χ1n) is 6.28. The lowest BCUT2D eigenvalue weighted by Crippen LogP contribution is -2.40. The molecule has 100 valence electrons. The molecule has 1 amide bonds. The molecule has 6 nitrogen and oxygen atoms in total. The zero-order valence-electron chi connectivity index (χ0n) is 11.4. The first-order valence-corrected chi connectivity index (χ1v) is 6.28. The van der Waals surface area contributed by atoms with Crippen LogP contribution in [0.2, 0.25) is 0 Å². The van der Waals surface area contributed by atoms with Gasteiger partial charge in [-0.1, -0.05) is 27.7 Å². The SMILES string of the molecule is CCc1nnc(NC(=O)[C@@H](N)C(C)C)nc1CC. The van der Waals surface area contributed by atoms with E-state index in [1.807, 2.05) is 27.7 Å². The minimum atomic E-state index is -0.565. The second-order valence-electron chi connectivity index (χ2n) is 4.49. The number of hydrogen-bond donors (Lipinski definition) is 2. The molecule has 1 aromatic rings. The summed E-state index contributed by atoms with van der Waals surface area (Å²) < 4.78 is 0. The summed E-state index contributed by atoms with van der Waals surface area (Å²) in [4.78, 5) is 16.0. The van der Waals surface area contributed by atoms with Crippen molar-refractivity contribution in [2.24, 2.45) is 11.7 Å². The number of rotatable bonds is 5. The molecular weight excluding hydrogens is 230 g/mol. The minimum Gasteiger partial charge on any atom is -0.320 e. The molecule has 18 heavy (non-hydrogen) atoms. The van der Waals surface area contributed by atoms with E-state index in [1.54, 1.807) is 0 Å². The Labute approximate surface area is 107 Å². The molecule has 0 aliphatic carbocycles. The van der Waals surface area contributed by atoms with Gasteiger partial charge in [-0.15, -0.1) is 10.2 Å². The fourth-order valence-electron chi connectivity index (χ4n) is 1.49. The van der Waals surface area contributed by atoms with E-state index in [4.69, 9.17) is 5.73 Å². The smallest absolute Gasteiger partial charge is 0.249 e. The number of carbonyl (C=O) groups is 1. The molecule has 0 aromatic carbocycles. The van der Waals surface area contributed by atoms with E-state index in [1.165, 1.54) is 0 Å². The molecule has 0 spiro atoms. The summed E-state index contributed by atoms with van der Waals surface area (Å²) in [6.45, 7) is 7.77. The molecule has 0 saturated heterocycles. The van der Waals surface area contributed by atoms with Crippen molar-refractivity contribution in [1.29, 1.82) is 0 Å². The predicted octanol–water partition coefficient (Wildman–Crippen LogP) is 0.918. The molecule has 0 fully saturated rings. The van der Waals surface area contributed by atoms with Crippen molar-refractivity contribution in [3.63, 3.8) is 0 Å². The van der Waals surface area contributed by atoms with Gasteiger partial charge in [-0.2, -0.15) is 0 Å². The van der Waals surface area contributed by atoms with Gasteiger partial charge < -0.3 is 5.73 Å². The molecule has 0 aliphatic rings. The molecule has 1 rings (SSSR count). The molecular formula is C12H21N5O. The maximum absolute atomic E-state index is 11.8. The molecule has 3 N–H and O–H groups in total. The van der Waals surface area contributed by atoms with E-state index >= 15 is 0 Å². The van der Waals surface area contributed by atoms with Gasteiger partial charge in [-0.05, 0) is 18.8 Å². The van der Waals surface area contributed by atoms with Crippen LogP contribution in [0.3, 0.4) is 0 Å². The van der Waals surface area contributed by atoms with E-state index in [9.17, 15) is 4.79 Å². The standard InChI is InChI=1S/C12H21N5O/c1-5-8-9(6-2)16-17-12(14-8)15-11(18)10(13)7(3)4/h7,10H,5-6,13H2,1-4H3,(H,14,15,17,18)/t10-/m0/s1. The molecule has 1 aromatic heterocycles. The van der Waals surface area contributed by atoms with Crippen molar-refractivity contribution >= 4 is 11.9 Å². The van der Waals surface area contributed by atoms with Gasteiger partial charge in [0.1, 0.15) is 0 Å². The third-order valence-electron chi connectivity index (χ3n) is 2.77. The number of carbonyl (C=O) groups excluding carboxylic acids is 1. The molecule has 0 bridgehead atoms. The van der Waals surface area contributed by atoms with E-state index in [-0.39, 0.29) is 17.8 Å². The molecule has 0 radical (unpaired) electrons. The Morgan fingerprint density at radius 2 is 1.83 bits per heavy atom. The van der Waals surface area contributed by atoms with Crippen LogP contribution in [0.15, 0.2) is 0 Å². The van der Waals surface area contributed by atoms with E-state index in [2.05, 4.69) is 20.5 Å². The topological polar surface area (TPSA) is 93.8 Å². The Morgan fingerprint density at radius 1 is 1.22 bits per heavy atom. The van der Waals surface area contributed by atoms with Crippen LogP contribution in [0.4, 0.5) is 5.95 Å². The van der Waals surface area contributed by atoms with Gasteiger partial charge in [0.2, 0.25) is 11.9 Å². The van der Waals surface area contributed by atoms with E-state index in [0.29, 0.717) is 0 Å². The van der Waals surface area contributed by atoms with Crippen molar-refractivity contribution in [2.45, 2.75) is 46.6 Å². The maximum Gasteiger partial charge on any atom is 0.249 e. The normalized spacial score (nSPS) is 12.6. The number of amides is 1.